The van der Waals surface area contributed by atoms with Crippen LogP contribution in [0.1, 0.15) is 27.2 Å². The van der Waals surface area contributed by atoms with Crippen molar-refractivity contribution in [2.75, 3.05) is 29.9 Å². The summed E-state index contributed by atoms with van der Waals surface area (Å²) in [6.07, 6.45) is 3.04. The first-order valence-electron chi connectivity index (χ1n) is 5.76. The van der Waals surface area contributed by atoms with E-state index in [2.05, 4.69) is 48.1 Å². The van der Waals surface area contributed by atoms with Crippen molar-refractivity contribution in [1.29, 1.82) is 0 Å². The van der Waals surface area contributed by atoms with Crippen molar-refractivity contribution in [2.24, 2.45) is 0 Å². The highest BCUT2D eigenvalue weighted by Gasteiger charge is 2.03. The Balaban J connectivity index is 2.77. The third kappa shape index (κ3) is 3.42. The first-order valence-corrected chi connectivity index (χ1v) is 5.76. The van der Waals surface area contributed by atoms with E-state index in [1.54, 1.807) is 0 Å². The second-order valence-electron chi connectivity index (χ2n) is 3.51. The lowest BCUT2D eigenvalue weighted by molar-refractivity contribution is 0.791. The molecule has 0 aliphatic rings. The summed E-state index contributed by atoms with van der Waals surface area (Å²) in [5.74, 6) is 0.963. The molecule has 0 saturated carbocycles. The molecule has 15 heavy (non-hydrogen) atoms. The van der Waals surface area contributed by atoms with Crippen LogP contribution in [0.3, 0.4) is 0 Å². The van der Waals surface area contributed by atoms with E-state index in [4.69, 9.17) is 0 Å². The lowest BCUT2D eigenvalue weighted by Crippen LogP contribution is -2.23. The first-order chi connectivity index (χ1) is 7.31. The lowest BCUT2D eigenvalue weighted by Gasteiger charge is -2.22. The van der Waals surface area contributed by atoms with Crippen LogP contribution in [0.2, 0.25) is 0 Å². The molecule has 0 atom stereocenters. The van der Waals surface area contributed by atoms with Gasteiger partial charge in [0.25, 0.3) is 0 Å². The SMILES string of the molecule is CCCN(CC)c1ccnc(NCC)c1. The minimum atomic E-state index is 0.913. The van der Waals surface area contributed by atoms with Gasteiger partial charge in [-0.3, -0.25) is 0 Å². The Morgan fingerprint density at radius 1 is 1.33 bits per heavy atom. The van der Waals surface area contributed by atoms with Crippen molar-refractivity contribution >= 4 is 11.5 Å². The van der Waals surface area contributed by atoms with Crippen molar-refractivity contribution in [3.63, 3.8) is 0 Å². The van der Waals surface area contributed by atoms with Gasteiger partial charge >= 0.3 is 0 Å². The van der Waals surface area contributed by atoms with Gasteiger partial charge in [0.1, 0.15) is 5.82 Å². The average molecular weight is 207 g/mol. The molecule has 0 aliphatic heterocycles. The molecule has 0 radical (unpaired) electrons. The van der Waals surface area contributed by atoms with E-state index in [1.807, 2.05) is 6.20 Å². The van der Waals surface area contributed by atoms with Gasteiger partial charge in [0, 0.05) is 37.6 Å². The van der Waals surface area contributed by atoms with Crippen molar-refractivity contribution in [3.05, 3.63) is 18.3 Å². The molecule has 0 unspecified atom stereocenters. The Morgan fingerprint density at radius 3 is 2.73 bits per heavy atom. The van der Waals surface area contributed by atoms with Crippen molar-refractivity contribution < 1.29 is 0 Å². The van der Waals surface area contributed by atoms with Crippen LogP contribution < -0.4 is 10.2 Å². The first kappa shape index (κ1) is 11.8. The average Bonchev–Trinajstić information content (AvgIpc) is 2.27. The highest BCUT2D eigenvalue weighted by atomic mass is 15.1. The minimum absolute atomic E-state index is 0.913. The standard InChI is InChI=1S/C12H21N3/c1-4-9-15(6-3)11-7-8-14-12(10-11)13-5-2/h7-8,10H,4-6,9H2,1-3H3,(H,13,14). The van der Waals surface area contributed by atoms with Crippen LogP contribution in [0.15, 0.2) is 18.3 Å². The van der Waals surface area contributed by atoms with Gasteiger partial charge in [0.05, 0.1) is 0 Å². The summed E-state index contributed by atoms with van der Waals surface area (Å²) in [4.78, 5) is 6.63. The molecule has 3 heteroatoms. The molecule has 3 nitrogen and oxygen atoms in total. The maximum Gasteiger partial charge on any atom is 0.127 e. The normalized spacial score (nSPS) is 10.1. The van der Waals surface area contributed by atoms with Crippen LogP contribution in [0.25, 0.3) is 0 Å². The molecule has 84 valence electrons. The van der Waals surface area contributed by atoms with E-state index in [0.29, 0.717) is 0 Å². The molecular weight excluding hydrogens is 186 g/mol. The Labute approximate surface area is 92.5 Å². The summed E-state index contributed by atoms with van der Waals surface area (Å²) in [5, 5.41) is 3.23. The quantitative estimate of drug-likeness (QED) is 0.777. The second kappa shape index (κ2) is 6.27. The molecular formula is C12H21N3. The van der Waals surface area contributed by atoms with Crippen LogP contribution in [0.4, 0.5) is 11.5 Å². The third-order valence-corrected chi connectivity index (χ3v) is 2.34. The predicted molar refractivity (Wildman–Crippen MR) is 66.6 cm³/mol. The zero-order valence-corrected chi connectivity index (χ0v) is 9.95. The largest absolute Gasteiger partial charge is 0.372 e. The molecule has 0 aromatic carbocycles. The summed E-state index contributed by atoms with van der Waals surface area (Å²) in [7, 11) is 0. The van der Waals surface area contributed by atoms with Crippen LogP contribution in [0, 0.1) is 0 Å². The topological polar surface area (TPSA) is 28.2 Å². The smallest absolute Gasteiger partial charge is 0.127 e. The van der Waals surface area contributed by atoms with E-state index in [1.165, 1.54) is 12.1 Å². The van der Waals surface area contributed by atoms with E-state index >= 15 is 0 Å². The summed E-state index contributed by atoms with van der Waals surface area (Å²) in [6.45, 7) is 9.53. The predicted octanol–water partition coefficient (Wildman–Crippen LogP) is 2.75. The highest BCUT2D eigenvalue weighted by Crippen LogP contribution is 2.17. The molecule has 0 saturated heterocycles. The Morgan fingerprint density at radius 2 is 2.13 bits per heavy atom. The molecule has 1 aromatic rings. The van der Waals surface area contributed by atoms with Gasteiger partial charge in [-0.2, -0.15) is 0 Å². The van der Waals surface area contributed by atoms with Gasteiger partial charge in [-0.15, -0.1) is 0 Å². The van der Waals surface area contributed by atoms with Gasteiger partial charge in [-0.05, 0) is 26.3 Å². The van der Waals surface area contributed by atoms with Crippen LogP contribution >= 0.6 is 0 Å². The maximum absolute atomic E-state index is 4.27. The number of hydrogen-bond acceptors (Lipinski definition) is 3. The third-order valence-electron chi connectivity index (χ3n) is 2.34. The zero-order chi connectivity index (χ0) is 11.1. The van der Waals surface area contributed by atoms with Gasteiger partial charge in [0.15, 0.2) is 0 Å². The zero-order valence-electron chi connectivity index (χ0n) is 9.95. The second-order valence-corrected chi connectivity index (χ2v) is 3.51. The molecule has 0 fully saturated rings. The molecule has 1 N–H and O–H groups in total. The van der Waals surface area contributed by atoms with E-state index in [-0.39, 0.29) is 0 Å². The number of nitrogens with zero attached hydrogens (tertiary/aromatic N) is 2. The Bertz CT molecular complexity index is 286. The monoisotopic (exact) mass is 207 g/mol. The minimum Gasteiger partial charge on any atom is -0.372 e. The Hall–Kier alpha value is -1.25. The summed E-state index contributed by atoms with van der Waals surface area (Å²) < 4.78 is 0. The van der Waals surface area contributed by atoms with Gasteiger partial charge in [-0.1, -0.05) is 6.92 Å². The van der Waals surface area contributed by atoms with E-state index in [0.717, 1.165) is 25.5 Å². The number of aromatic nitrogens is 1. The fourth-order valence-electron chi connectivity index (χ4n) is 1.63. The fraction of sp³-hybridized carbons (Fsp3) is 0.583. The maximum atomic E-state index is 4.27. The number of hydrogen-bond donors (Lipinski definition) is 1. The molecule has 0 amide bonds. The van der Waals surface area contributed by atoms with Crippen LogP contribution in [0.5, 0.6) is 0 Å². The van der Waals surface area contributed by atoms with Crippen LogP contribution in [-0.2, 0) is 0 Å². The lowest BCUT2D eigenvalue weighted by atomic mass is 10.3. The summed E-state index contributed by atoms with van der Waals surface area (Å²) in [6, 6.07) is 4.18. The van der Waals surface area contributed by atoms with Crippen molar-refractivity contribution in [1.82, 2.24) is 4.98 Å². The van der Waals surface area contributed by atoms with Gasteiger partial charge in [0.2, 0.25) is 0 Å². The van der Waals surface area contributed by atoms with Crippen molar-refractivity contribution in [2.45, 2.75) is 27.2 Å². The fourth-order valence-corrected chi connectivity index (χ4v) is 1.63. The summed E-state index contributed by atoms with van der Waals surface area (Å²) >= 11 is 0. The molecule has 1 heterocycles. The Kier molecular flexibility index (Phi) is 4.95. The number of pyridine rings is 1. The molecule has 0 spiro atoms. The van der Waals surface area contributed by atoms with E-state index < -0.39 is 0 Å². The molecule has 1 rings (SSSR count). The highest BCUT2D eigenvalue weighted by molar-refractivity contribution is 5.53. The van der Waals surface area contributed by atoms with Crippen LogP contribution in [-0.4, -0.2) is 24.6 Å². The number of nitrogens with one attached hydrogen (secondary N) is 1. The van der Waals surface area contributed by atoms with Crippen molar-refractivity contribution in [3.8, 4) is 0 Å². The number of rotatable bonds is 6. The summed E-state index contributed by atoms with van der Waals surface area (Å²) in [5.41, 5.74) is 1.25. The van der Waals surface area contributed by atoms with Gasteiger partial charge < -0.3 is 10.2 Å². The van der Waals surface area contributed by atoms with E-state index in [9.17, 15) is 0 Å². The molecule has 1 aromatic heterocycles. The van der Waals surface area contributed by atoms with Gasteiger partial charge in [-0.25, -0.2) is 4.98 Å². The molecule has 0 aliphatic carbocycles. The number of anilines is 2. The molecule has 0 bridgehead atoms.